The van der Waals surface area contributed by atoms with E-state index in [4.69, 9.17) is 14.2 Å². The van der Waals surface area contributed by atoms with E-state index in [2.05, 4.69) is 4.98 Å². The molecule has 9 heteroatoms. The molecule has 0 fully saturated rings. The third kappa shape index (κ3) is 3.67. The fourth-order valence-electron chi connectivity index (χ4n) is 4.28. The van der Waals surface area contributed by atoms with E-state index in [1.54, 1.807) is 50.4 Å². The summed E-state index contributed by atoms with van der Waals surface area (Å²) in [7, 11) is 1.57. The Morgan fingerprint density at radius 1 is 1.18 bits per heavy atom. The molecule has 3 heterocycles. The highest BCUT2D eigenvalue weighted by Crippen LogP contribution is 2.42. The number of hydrogen-bond donors (Lipinski definition) is 1. The minimum atomic E-state index is -0.780. The molecule has 2 aromatic carbocycles. The van der Waals surface area contributed by atoms with Gasteiger partial charge in [-0.15, -0.1) is 11.3 Å². The van der Waals surface area contributed by atoms with Gasteiger partial charge in [-0.25, -0.2) is 4.98 Å². The quantitative estimate of drug-likeness (QED) is 0.528. The number of ketones is 1. The number of nitrogens with zero attached hydrogens (tertiary/aromatic N) is 2. The Labute approximate surface area is 200 Å². The van der Waals surface area contributed by atoms with Crippen LogP contribution in [0.3, 0.4) is 0 Å². The smallest absolute Gasteiger partial charge is 0.290 e. The van der Waals surface area contributed by atoms with Crippen LogP contribution in [0, 0.1) is 13.8 Å². The Morgan fingerprint density at radius 3 is 2.59 bits per heavy atom. The molecule has 0 aliphatic carbocycles. The summed E-state index contributed by atoms with van der Waals surface area (Å²) in [5.41, 5.74) is 2.08. The predicted octanol–water partition coefficient (Wildman–Crippen LogP) is 4.28. The third-order valence-corrected chi connectivity index (χ3v) is 6.95. The second-order valence-corrected chi connectivity index (χ2v) is 9.24. The van der Waals surface area contributed by atoms with Gasteiger partial charge in [0.25, 0.3) is 5.91 Å². The van der Waals surface area contributed by atoms with Crippen molar-refractivity contribution < 1.29 is 28.9 Å². The zero-order valence-corrected chi connectivity index (χ0v) is 19.6. The standard InChI is InChI=1S/C25H22N2O6S/c1-13-24(34-14(2)26-13)22(28)20-21(16-5-7-17(31-3)8-6-16)27(25(30)23(20)29)11-15-4-9-18-19(10-15)33-12-32-18/h4-10,21,29H,11-12H2,1-3H3. The first kappa shape index (κ1) is 22.0. The predicted molar refractivity (Wildman–Crippen MR) is 124 cm³/mol. The minimum Gasteiger partial charge on any atom is -0.503 e. The molecule has 2 aliphatic heterocycles. The third-order valence-electron chi connectivity index (χ3n) is 5.88. The first-order valence-corrected chi connectivity index (χ1v) is 11.4. The van der Waals surface area contributed by atoms with Crippen molar-refractivity contribution in [1.82, 2.24) is 9.88 Å². The zero-order valence-electron chi connectivity index (χ0n) is 18.8. The maximum Gasteiger partial charge on any atom is 0.290 e. The molecule has 3 aromatic rings. The molecule has 34 heavy (non-hydrogen) atoms. The lowest BCUT2D eigenvalue weighted by atomic mass is 9.94. The second-order valence-electron chi connectivity index (χ2n) is 8.04. The number of aryl methyl sites for hydroxylation is 2. The number of amides is 1. The van der Waals surface area contributed by atoms with Gasteiger partial charge in [-0.2, -0.15) is 0 Å². The molecule has 0 radical (unpaired) electrons. The SMILES string of the molecule is COc1ccc(C2C(C(=O)c3sc(C)nc3C)=C(O)C(=O)N2Cc2ccc3c(c2)OCO3)cc1. The van der Waals surface area contributed by atoms with Crippen LogP contribution >= 0.6 is 11.3 Å². The monoisotopic (exact) mass is 478 g/mol. The maximum atomic E-state index is 13.6. The molecule has 1 unspecified atom stereocenters. The molecule has 1 aromatic heterocycles. The van der Waals surface area contributed by atoms with Crippen LogP contribution in [0.1, 0.15) is 37.5 Å². The van der Waals surface area contributed by atoms with E-state index in [0.717, 1.165) is 10.6 Å². The largest absolute Gasteiger partial charge is 0.503 e. The molecule has 1 amide bonds. The number of methoxy groups -OCH3 is 1. The van der Waals surface area contributed by atoms with Gasteiger partial charge in [0.1, 0.15) is 5.75 Å². The number of fused-ring (bicyclic) bond motifs is 1. The summed E-state index contributed by atoms with van der Waals surface area (Å²) < 4.78 is 16.1. The molecule has 0 saturated carbocycles. The van der Waals surface area contributed by atoms with Gasteiger partial charge >= 0.3 is 0 Å². The number of ether oxygens (including phenoxy) is 3. The van der Waals surface area contributed by atoms with Crippen LogP contribution in [0.2, 0.25) is 0 Å². The molecular formula is C25H22N2O6S. The molecule has 5 rings (SSSR count). The minimum absolute atomic E-state index is 0.0441. The molecule has 1 atom stereocenters. The van der Waals surface area contributed by atoms with E-state index < -0.39 is 23.5 Å². The van der Waals surface area contributed by atoms with Crippen LogP contribution in [0.4, 0.5) is 0 Å². The zero-order chi connectivity index (χ0) is 24.0. The Balaban J connectivity index is 1.57. The van der Waals surface area contributed by atoms with E-state index in [9.17, 15) is 14.7 Å². The van der Waals surface area contributed by atoms with Crippen molar-refractivity contribution in [1.29, 1.82) is 0 Å². The Hall–Kier alpha value is -3.85. The summed E-state index contributed by atoms with van der Waals surface area (Å²) in [6.45, 7) is 3.87. The fourth-order valence-corrected chi connectivity index (χ4v) is 5.16. The topological polar surface area (TPSA) is 98.2 Å². The van der Waals surface area contributed by atoms with Crippen LogP contribution in [-0.4, -0.2) is 40.6 Å². The highest BCUT2D eigenvalue weighted by molar-refractivity contribution is 7.14. The van der Waals surface area contributed by atoms with Gasteiger partial charge in [-0.05, 0) is 49.2 Å². The van der Waals surface area contributed by atoms with Crippen LogP contribution < -0.4 is 14.2 Å². The summed E-state index contributed by atoms with van der Waals surface area (Å²) in [6, 6.07) is 11.7. The Morgan fingerprint density at radius 2 is 1.91 bits per heavy atom. The van der Waals surface area contributed by atoms with Gasteiger partial charge in [0.15, 0.2) is 17.3 Å². The summed E-state index contributed by atoms with van der Waals surface area (Å²) >= 11 is 1.25. The van der Waals surface area contributed by atoms with Crippen molar-refractivity contribution in [2.45, 2.75) is 26.4 Å². The van der Waals surface area contributed by atoms with E-state index in [1.165, 1.54) is 16.2 Å². The highest BCUT2D eigenvalue weighted by atomic mass is 32.1. The van der Waals surface area contributed by atoms with Crippen LogP contribution in [-0.2, 0) is 11.3 Å². The summed E-state index contributed by atoms with van der Waals surface area (Å²) in [5, 5.41) is 11.6. The summed E-state index contributed by atoms with van der Waals surface area (Å²) in [4.78, 5) is 33.1. The number of carbonyl (C=O) groups excluding carboxylic acids is 2. The average molecular weight is 479 g/mol. The number of aliphatic hydroxyl groups is 1. The molecule has 2 aliphatic rings. The van der Waals surface area contributed by atoms with Crippen molar-refractivity contribution in [3.63, 3.8) is 0 Å². The Bertz CT molecular complexity index is 1330. The fraction of sp³-hybridized carbons (Fsp3) is 0.240. The first-order chi connectivity index (χ1) is 16.4. The number of carbonyl (C=O) groups is 2. The molecule has 0 saturated heterocycles. The van der Waals surface area contributed by atoms with Gasteiger partial charge in [-0.1, -0.05) is 18.2 Å². The van der Waals surface area contributed by atoms with Gasteiger partial charge in [0.2, 0.25) is 12.6 Å². The average Bonchev–Trinajstić information content (AvgIpc) is 3.50. The van der Waals surface area contributed by atoms with E-state index in [-0.39, 0.29) is 18.9 Å². The van der Waals surface area contributed by atoms with E-state index >= 15 is 0 Å². The highest BCUT2D eigenvalue weighted by Gasteiger charge is 2.44. The number of rotatable bonds is 6. The van der Waals surface area contributed by atoms with Gasteiger partial charge in [0, 0.05) is 6.54 Å². The molecule has 0 bridgehead atoms. The van der Waals surface area contributed by atoms with Crippen LogP contribution in [0.5, 0.6) is 17.2 Å². The van der Waals surface area contributed by atoms with Crippen LogP contribution in [0.25, 0.3) is 0 Å². The molecule has 8 nitrogen and oxygen atoms in total. The number of aromatic nitrogens is 1. The molecule has 0 spiro atoms. The molecule has 1 N–H and O–H groups in total. The van der Waals surface area contributed by atoms with Crippen molar-refractivity contribution in [3.8, 4) is 17.2 Å². The van der Waals surface area contributed by atoms with Crippen molar-refractivity contribution in [2.24, 2.45) is 0 Å². The number of aliphatic hydroxyl groups excluding tert-OH is 1. The lowest BCUT2D eigenvalue weighted by Crippen LogP contribution is -2.30. The van der Waals surface area contributed by atoms with Gasteiger partial charge in [-0.3, -0.25) is 9.59 Å². The summed E-state index contributed by atoms with van der Waals surface area (Å²) in [6.07, 6.45) is 0. The van der Waals surface area contributed by atoms with Crippen molar-refractivity contribution in [3.05, 3.63) is 80.5 Å². The lowest BCUT2D eigenvalue weighted by Gasteiger charge is -2.27. The number of hydrogen-bond acceptors (Lipinski definition) is 8. The lowest BCUT2D eigenvalue weighted by molar-refractivity contribution is -0.130. The van der Waals surface area contributed by atoms with Gasteiger partial charge in [0.05, 0.1) is 34.3 Å². The molecule has 174 valence electrons. The Kier molecular flexibility index (Phi) is 5.49. The number of thiazole rings is 1. The van der Waals surface area contributed by atoms with Gasteiger partial charge < -0.3 is 24.2 Å². The van der Waals surface area contributed by atoms with Crippen molar-refractivity contribution >= 4 is 23.0 Å². The van der Waals surface area contributed by atoms with Crippen molar-refractivity contribution in [2.75, 3.05) is 13.9 Å². The van der Waals surface area contributed by atoms with Crippen LogP contribution in [0.15, 0.2) is 53.8 Å². The number of Topliss-reactive ketones (excluding diaryl/α,β-unsaturated/α-hetero) is 1. The second kappa shape index (κ2) is 8.49. The number of benzene rings is 2. The van der Waals surface area contributed by atoms with E-state index in [1.807, 2.05) is 13.0 Å². The maximum absolute atomic E-state index is 13.6. The normalized spacial score (nSPS) is 17.0. The first-order valence-electron chi connectivity index (χ1n) is 10.6. The molecular weight excluding hydrogens is 456 g/mol. The van der Waals surface area contributed by atoms with E-state index in [0.29, 0.717) is 33.4 Å². The summed E-state index contributed by atoms with van der Waals surface area (Å²) in [5.74, 6) is 0.316.